The zero-order valence-electron chi connectivity index (χ0n) is 31.0. The van der Waals surface area contributed by atoms with Crippen LogP contribution in [0.1, 0.15) is 66.0 Å². The van der Waals surface area contributed by atoms with Crippen LogP contribution in [0.3, 0.4) is 0 Å². The van der Waals surface area contributed by atoms with Crippen molar-refractivity contribution in [3.63, 3.8) is 0 Å². The largest absolute Gasteiger partial charge is 0.487 e. The number of hydrogen-bond donors (Lipinski definition) is 1. The van der Waals surface area contributed by atoms with Crippen LogP contribution in [0.4, 0.5) is 0 Å². The number of hydrogen-bond acceptors (Lipinski definition) is 6. The van der Waals surface area contributed by atoms with Crippen molar-refractivity contribution in [2.45, 2.75) is 78.7 Å². The quantitative estimate of drug-likeness (QED) is 0.0894. The number of ether oxygens (including phenoxy) is 3. The summed E-state index contributed by atoms with van der Waals surface area (Å²) in [6.07, 6.45) is 0.554. The summed E-state index contributed by atoms with van der Waals surface area (Å²) in [5, 5.41) is 1.20. The van der Waals surface area contributed by atoms with E-state index in [4.69, 9.17) is 23.6 Å². The van der Waals surface area contributed by atoms with Gasteiger partial charge in [0.15, 0.2) is 13.9 Å². The molecule has 0 saturated heterocycles. The molecule has 8 heteroatoms. The molecule has 2 aromatic heterocycles. The molecule has 0 aliphatic heterocycles. The van der Waals surface area contributed by atoms with Gasteiger partial charge in [0, 0.05) is 22.3 Å². The predicted molar refractivity (Wildman–Crippen MR) is 210 cm³/mol. The fourth-order valence-electron chi connectivity index (χ4n) is 5.73. The molecule has 4 aromatic carbocycles. The first-order chi connectivity index (χ1) is 25.0. The lowest BCUT2D eigenvalue weighted by Gasteiger charge is -2.36. The molecule has 0 saturated carbocycles. The normalized spacial score (nSPS) is 11.8. The van der Waals surface area contributed by atoms with Crippen LogP contribution in [0.25, 0.3) is 22.2 Å². The van der Waals surface area contributed by atoms with E-state index in [-0.39, 0.29) is 36.3 Å². The third kappa shape index (κ3) is 8.64. The molecule has 0 unspecified atom stereocenters. The third-order valence-electron chi connectivity index (χ3n) is 9.78. The number of H-pyrrole nitrogens is 1. The molecule has 2 heterocycles. The van der Waals surface area contributed by atoms with E-state index >= 15 is 0 Å². The van der Waals surface area contributed by atoms with E-state index in [0.717, 1.165) is 44.4 Å². The van der Waals surface area contributed by atoms with Gasteiger partial charge in [-0.2, -0.15) is 0 Å². The van der Waals surface area contributed by atoms with Crippen LogP contribution in [0, 0.1) is 0 Å². The van der Waals surface area contributed by atoms with Gasteiger partial charge in [-0.25, -0.2) is 9.78 Å². The van der Waals surface area contributed by atoms with Gasteiger partial charge in [0.2, 0.25) is 5.88 Å². The van der Waals surface area contributed by atoms with Crippen molar-refractivity contribution in [3.8, 4) is 22.9 Å². The minimum atomic E-state index is -1.93. The number of aromatic nitrogens is 2. The topological polar surface area (TPSA) is 82.7 Å². The second kappa shape index (κ2) is 16.0. The number of aromatic amines is 1. The number of nitrogens with zero attached hydrogens (tertiary/aromatic N) is 1. The molecule has 0 amide bonds. The van der Waals surface area contributed by atoms with Crippen molar-refractivity contribution in [1.29, 1.82) is 0 Å². The Labute approximate surface area is 308 Å². The van der Waals surface area contributed by atoms with Crippen LogP contribution in [-0.2, 0) is 42.0 Å². The molecule has 52 heavy (non-hydrogen) atoms. The standard InChI is InChI=1S/C44H48N2O5Si/c1-7-37-40(35-24-23-34-25-36(45-38(34)26-35)30-51-52(5,6)44(2,3)4)46-42(49-28-32-19-13-9-14-20-32)39(41(37)48-27-31-17-11-8-12-18-31)43(47)50-29-33-21-15-10-16-22-33/h8-26,45H,7,27-30H2,1-6H3. The first-order valence-electron chi connectivity index (χ1n) is 17.9. The van der Waals surface area contributed by atoms with Gasteiger partial charge >= 0.3 is 5.97 Å². The molecule has 6 aromatic rings. The Kier molecular flexibility index (Phi) is 11.3. The molecule has 268 valence electrons. The van der Waals surface area contributed by atoms with Crippen LogP contribution >= 0.6 is 0 Å². The highest BCUT2D eigenvalue weighted by Crippen LogP contribution is 2.41. The van der Waals surface area contributed by atoms with E-state index in [1.165, 1.54) is 0 Å². The summed E-state index contributed by atoms with van der Waals surface area (Å²) in [6.45, 7) is 14.4. The highest BCUT2D eigenvalue weighted by atomic mass is 28.4. The molecule has 0 atom stereocenters. The molecule has 0 spiro atoms. The molecule has 0 bridgehead atoms. The van der Waals surface area contributed by atoms with Crippen molar-refractivity contribution in [2.75, 3.05) is 0 Å². The number of benzene rings is 4. The Balaban J connectivity index is 1.43. The highest BCUT2D eigenvalue weighted by molar-refractivity contribution is 6.74. The van der Waals surface area contributed by atoms with Crippen molar-refractivity contribution in [1.82, 2.24) is 9.97 Å². The van der Waals surface area contributed by atoms with Crippen LogP contribution < -0.4 is 9.47 Å². The Hall–Kier alpha value is -5.18. The summed E-state index contributed by atoms with van der Waals surface area (Å²) in [6, 6.07) is 37.8. The van der Waals surface area contributed by atoms with Crippen LogP contribution in [0.15, 0.2) is 115 Å². The minimum Gasteiger partial charge on any atom is -0.487 e. The molecule has 0 aliphatic rings. The number of carbonyl (C=O) groups is 1. The maximum atomic E-state index is 14.1. The summed E-state index contributed by atoms with van der Waals surface area (Å²) in [7, 11) is -1.93. The number of nitrogens with one attached hydrogen (secondary N) is 1. The minimum absolute atomic E-state index is 0.101. The third-order valence-corrected chi connectivity index (χ3v) is 14.3. The lowest BCUT2D eigenvalue weighted by Crippen LogP contribution is -2.40. The molecular weight excluding hydrogens is 665 g/mol. The van der Waals surface area contributed by atoms with Gasteiger partial charge < -0.3 is 23.6 Å². The van der Waals surface area contributed by atoms with Gasteiger partial charge in [-0.1, -0.05) is 131 Å². The van der Waals surface area contributed by atoms with E-state index in [1.807, 2.05) is 97.9 Å². The maximum Gasteiger partial charge on any atom is 0.347 e. The second-order valence-electron chi connectivity index (χ2n) is 14.6. The van der Waals surface area contributed by atoms with Gasteiger partial charge in [-0.05, 0) is 58.8 Å². The van der Waals surface area contributed by atoms with Gasteiger partial charge in [0.1, 0.15) is 25.6 Å². The van der Waals surface area contributed by atoms with Gasteiger partial charge in [-0.3, -0.25) is 0 Å². The van der Waals surface area contributed by atoms with E-state index in [0.29, 0.717) is 24.5 Å². The van der Waals surface area contributed by atoms with E-state index in [1.54, 1.807) is 0 Å². The van der Waals surface area contributed by atoms with Crippen molar-refractivity contribution >= 4 is 25.2 Å². The molecule has 1 N–H and O–H groups in total. The fourth-order valence-corrected chi connectivity index (χ4v) is 6.68. The number of carbonyl (C=O) groups excluding carboxylic acids is 1. The number of esters is 1. The van der Waals surface area contributed by atoms with Crippen LogP contribution in [0.2, 0.25) is 18.1 Å². The Morgan fingerprint density at radius 2 is 1.31 bits per heavy atom. The molecule has 6 rings (SSSR count). The van der Waals surface area contributed by atoms with E-state index in [9.17, 15) is 4.79 Å². The Bertz CT molecular complexity index is 2110. The molecule has 7 nitrogen and oxygen atoms in total. The average Bonchev–Trinajstić information content (AvgIpc) is 3.57. The first kappa shape index (κ1) is 36.6. The summed E-state index contributed by atoms with van der Waals surface area (Å²) in [5.41, 5.74) is 7.32. The lowest BCUT2D eigenvalue weighted by atomic mass is 9.99. The second-order valence-corrected chi connectivity index (χ2v) is 19.4. The zero-order chi connectivity index (χ0) is 36.7. The fraction of sp³-hybridized carbons (Fsp3) is 0.273. The van der Waals surface area contributed by atoms with Crippen molar-refractivity contribution in [2.24, 2.45) is 0 Å². The lowest BCUT2D eigenvalue weighted by molar-refractivity contribution is 0.0460. The van der Waals surface area contributed by atoms with Gasteiger partial charge in [0.25, 0.3) is 0 Å². The zero-order valence-corrected chi connectivity index (χ0v) is 32.0. The molecule has 0 fully saturated rings. The summed E-state index contributed by atoms with van der Waals surface area (Å²) in [4.78, 5) is 22.8. The van der Waals surface area contributed by atoms with Gasteiger partial charge in [-0.15, -0.1) is 0 Å². The predicted octanol–water partition coefficient (Wildman–Crippen LogP) is 10.8. The molecule has 0 radical (unpaired) electrons. The highest BCUT2D eigenvalue weighted by Gasteiger charge is 2.37. The SMILES string of the molecule is CCc1c(-c2ccc3cc(CO[Si](C)(C)C(C)(C)C)[nH]c3c2)nc(OCc2ccccc2)c(C(=O)OCc2ccccc2)c1OCc1ccccc1. The van der Waals surface area contributed by atoms with E-state index < -0.39 is 14.3 Å². The summed E-state index contributed by atoms with van der Waals surface area (Å²) in [5.74, 6) is 0.00894. The van der Waals surface area contributed by atoms with Crippen molar-refractivity contribution in [3.05, 3.63) is 149 Å². The maximum absolute atomic E-state index is 14.1. The number of pyridine rings is 1. The summed E-state index contributed by atoms with van der Waals surface area (Å²) < 4.78 is 25.5. The number of rotatable bonds is 14. The summed E-state index contributed by atoms with van der Waals surface area (Å²) >= 11 is 0. The first-order valence-corrected chi connectivity index (χ1v) is 20.8. The number of fused-ring (bicyclic) bond motifs is 1. The van der Waals surface area contributed by atoms with Crippen LogP contribution in [-0.4, -0.2) is 24.3 Å². The van der Waals surface area contributed by atoms with Crippen molar-refractivity contribution < 1.29 is 23.4 Å². The molecular formula is C44H48N2O5Si. The Morgan fingerprint density at radius 1 is 0.731 bits per heavy atom. The monoisotopic (exact) mass is 712 g/mol. The Morgan fingerprint density at radius 3 is 1.88 bits per heavy atom. The van der Waals surface area contributed by atoms with Gasteiger partial charge in [0.05, 0.1) is 12.3 Å². The smallest absolute Gasteiger partial charge is 0.347 e. The average molecular weight is 713 g/mol. The van der Waals surface area contributed by atoms with Crippen LogP contribution in [0.5, 0.6) is 11.6 Å². The van der Waals surface area contributed by atoms with E-state index in [2.05, 4.69) is 63.1 Å². The molecule has 0 aliphatic carbocycles.